The lowest BCUT2D eigenvalue weighted by atomic mass is 10.2. The summed E-state index contributed by atoms with van der Waals surface area (Å²) in [4.78, 5) is 15.3. The van der Waals surface area contributed by atoms with Crippen molar-refractivity contribution in [3.63, 3.8) is 0 Å². The van der Waals surface area contributed by atoms with Crippen molar-refractivity contribution in [2.75, 3.05) is 0 Å². The molecular formula is C11H11N3O2. The van der Waals surface area contributed by atoms with Crippen molar-refractivity contribution in [2.24, 2.45) is 0 Å². The lowest BCUT2D eigenvalue weighted by Gasteiger charge is -2.05. The summed E-state index contributed by atoms with van der Waals surface area (Å²) < 4.78 is 1.68. The van der Waals surface area contributed by atoms with Gasteiger partial charge in [0.25, 0.3) is 0 Å². The number of nitrogens with zero attached hydrogens (tertiary/aromatic N) is 3. The van der Waals surface area contributed by atoms with Crippen molar-refractivity contribution < 1.29 is 9.90 Å². The SMILES string of the molecule is Cc1nc2c(C(=O)O)cnn2c2c1CCC2. The highest BCUT2D eigenvalue weighted by atomic mass is 16.4. The largest absolute Gasteiger partial charge is 0.477 e. The predicted octanol–water partition coefficient (Wildman–Crippen LogP) is 1.22. The average Bonchev–Trinajstić information content (AvgIpc) is 2.80. The van der Waals surface area contributed by atoms with Gasteiger partial charge in [-0.25, -0.2) is 14.3 Å². The van der Waals surface area contributed by atoms with Crippen LogP contribution in [0.15, 0.2) is 6.20 Å². The van der Waals surface area contributed by atoms with Gasteiger partial charge in [0.1, 0.15) is 5.56 Å². The lowest BCUT2D eigenvalue weighted by Crippen LogP contribution is -2.05. The highest BCUT2D eigenvalue weighted by Crippen LogP contribution is 2.25. The summed E-state index contributed by atoms with van der Waals surface area (Å²) in [7, 11) is 0. The summed E-state index contributed by atoms with van der Waals surface area (Å²) in [5.74, 6) is -0.972. The van der Waals surface area contributed by atoms with Gasteiger partial charge < -0.3 is 5.11 Å². The van der Waals surface area contributed by atoms with Crippen molar-refractivity contribution in [1.82, 2.24) is 14.6 Å². The molecule has 0 saturated carbocycles. The van der Waals surface area contributed by atoms with E-state index >= 15 is 0 Å². The molecule has 1 N–H and O–H groups in total. The summed E-state index contributed by atoms with van der Waals surface area (Å²) in [6, 6.07) is 0. The highest BCUT2D eigenvalue weighted by Gasteiger charge is 2.22. The van der Waals surface area contributed by atoms with Crippen LogP contribution in [0.3, 0.4) is 0 Å². The molecule has 0 atom stereocenters. The molecule has 0 unspecified atom stereocenters. The average molecular weight is 217 g/mol. The van der Waals surface area contributed by atoms with Crippen LogP contribution < -0.4 is 0 Å². The van der Waals surface area contributed by atoms with E-state index in [1.54, 1.807) is 4.52 Å². The van der Waals surface area contributed by atoms with E-state index < -0.39 is 5.97 Å². The first-order chi connectivity index (χ1) is 7.68. The number of rotatable bonds is 1. The van der Waals surface area contributed by atoms with Gasteiger partial charge in [0, 0.05) is 11.4 Å². The molecule has 0 radical (unpaired) electrons. The van der Waals surface area contributed by atoms with Gasteiger partial charge >= 0.3 is 5.97 Å². The number of carbonyl (C=O) groups is 1. The van der Waals surface area contributed by atoms with E-state index in [0.717, 1.165) is 30.7 Å². The van der Waals surface area contributed by atoms with Crippen LogP contribution in [0.5, 0.6) is 0 Å². The van der Waals surface area contributed by atoms with Gasteiger partial charge in [-0.15, -0.1) is 0 Å². The van der Waals surface area contributed by atoms with E-state index in [4.69, 9.17) is 5.11 Å². The smallest absolute Gasteiger partial charge is 0.341 e. The zero-order valence-corrected chi connectivity index (χ0v) is 8.90. The number of carboxylic acid groups (broad SMARTS) is 1. The van der Waals surface area contributed by atoms with Crippen LogP contribution in [-0.2, 0) is 12.8 Å². The molecule has 0 saturated heterocycles. The number of carboxylic acids is 1. The molecule has 0 aromatic carbocycles. The molecule has 0 aliphatic heterocycles. The second-order valence-electron chi connectivity index (χ2n) is 4.07. The summed E-state index contributed by atoms with van der Waals surface area (Å²) in [6.45, 7) is 1.93. The van der Waals surface area contributed by atoms with Crippen LogP contribution >= 0.6 is 0 Å². The molecule has 2 aromatic heterocycles. The van der Waals surface area contributed by atoms with Crippen LogP contribution in [0.1, 0.15) is 33.7 Å². The minimum Gasteiger partial charge on any atom is -0.477 e. The normalized spacial score (nSPS) is 14.3. The molecule has 5 nitrogen and oxygen atoms in total. The molecule has 16 heavy (non-hydrogen) atoms. The Labute approximate surface area is 91.7 Å². The molecule has 1 aliphatic rings. The van der Waals surface area contributed by atoms with Crippen LogP contribution in [0.4, 0.5) is 0 Å². The second-order valence-corrected chi connectivity index (χ2v) is 4.07. The zero-order valence-electron chi connectivity index (χ0n) is 8.90. The van der Waals surface area contributed by atoms with Crippen molar-refractivity contribution in [3.8, 4) is 0 Å². The molecule has 0 spiro atoms. The number of aromatic nitrogens is 3. The molecule has 2 aromatic rings. The van der Waals surface area contributed by atoms with Crippen molar-refractivity contribution in [2.45, 2.75) is 26.2 Å². The van der Waals surface area contributed by atoms with E-state index in [9.17, 15) is 4.79 Å². The van der Waals surface area contributed by atoms with Gasteiger partial charge in [-0.2, -0.15) is 5.10 Å². The summed E-state index contributed by atoms with van der Waals surface area (Å²) >= 11 is 0. The quantitative estimate of drug-likeness (QED) is 0.780. The number of fused-ring (bicyclic) bond motifs is 3. The van der Waals surface area contributed by atoms with E-state index in [-0.39, 0.29) is 5.56 Å². The Morgan fingerprint density at radius 1 is 1.50 bits per heavy atom. The molecule has 3 rings (SSSR count). The van der Waals surface area contributed by atoms with Crippen molar-refractivity contribution in [1.29, 1.82) is 0 Å². The molecule has 0 amide bonds. The van der Waals surface area contributed by atoms with E-state index in [1.165, 1.54) is 11.8 Å². The fourth-order valence-electron chi connectivity index (χ4n) is 2.38. The third-order valence-corrected chi connectivity index (χ3v) is 3.13. The number of aromatic carboxylic acids is 1. The lowest BCUT2D eigenvalue weighted by molar-refractivity contribution is 0.0699. The van der Waals surface area contributed by atoms with E-state index in [0.29, 0.717) is 5.65 Å². The van der Waals surface area contributed by atoms with Crippen LogP contribution in [-0.4, -0.2) is 25.7 Å². The molecular weight excluding hydrogens is 206 g/mol. The Balaban J connectivity index is 2.40. The summed E-state index contributed by atoms with van der Waals surface area (Å²) in [5.41, 5.74) is 3.92. The molecule has 5 heteroatoms. The minimum atomic E-state index is -0.972. The Bertz CT molecular complexity index is 601. The maximum Gasteiger partial charge on any atom is 0.341 e. The van der Waals surface area contributed by atoms with Crippen LogP contribution in [0.25, 0.3) is 5.65 Å². The van der Waals surface area contributed by atoms with Gasteiger partial charge in [-0.1, -0.05) is 0 Å². The molecule has 1 aliphatic carbocycles. The summed E-state index contributed by atoms with van der Waals surface area (Å²) in [6.07, 6.45) is 4.45. The molecule has 0 bridgehead atoms. The predicted molar refractivity (Wildman–Crippen MR) is 56.7 cm³/mol. The minimum absolute atomic E-state index is 0.179. The van der Waals surface area contributed by atoms with Gasteiger partial charge in [0.2, 0.25) is 0 Å². The Hall–Kier alpha value is -1.91. The standard InChI is InChI=1S/C11H11N3O2/c1-6-7-3-2-4-9(7)14-10(13-6)8(5-12-14)11(15)16/h5H,2-4H2,1H3,(H,15,16). The fraction of sp³-hybridized carbons (Fsp3) is 0.364. The van der Waals surface area contributed by atoms with E-state index in [1.807, 2.05) is 6.92 Å². The molecule has 2 heterocycles. The van der Waals surface area contributed by atoms with Gasteiger partial charge in [0.05, 0.1) is 6.20 Å². The molecule has 82 valence electrons. The highest BCUT2D eigenvalue weighted by molar-refractivity contribution is 5.94. The second kappa shape index (κ2) is 3.04. The van der Waals surface area contributed by atoms with E-state index in [2.05, 4.69) is 10.1 Å². The van der Waals surface area contributed by atoms with Gasteiger partial charge in [-0.05, 0) is 31.7 Å². The van der Waals surface area contributed by atoms with Crippen LogP contribution in [0.2, 0.25) is 0 Å². The van der Waals surface area contributed by atoms with Crippen LogP contribution in [0, 0.1) is 6.92 Å². The fourth-order valence-corrected chi connectivity index (χ4v) is 2.38. The third kappa shape index (κ3) is 1.08. The first-order valence-electron chi connectivity index (χ1n) is 5.28. The Morgan fingerprint density at radius 2 is 2.31 bits per heavy atom. The topological polar surface area (TPSA) is 67.5 Å². The van der Waals surface area contributed by atoms with Gasteiger partial charge in [-0.3, -0.25) is 0 Å². The van der Waals surface area contributed by atoms with Crippen molar-refractivity contribution in [3.05, 3.63) is 28.7 Å². The first kappa shape index (κ1) is 9.33. The number of aryl methyl sites for hydroxylation is 2. The van der Waals surface area contributed by atoms with Crippen molar-refractivity contribution >= 4 is 11.6 Å². The van der Waals surface area contributed by atoms with Gasteiger partial charge in [0.15, 0.2) is 5.65 Å². The maximum atomic E-state index is 11.0. The Morgan fingerprint density at radius 3 is 3.06 bits per heavy atom. The first-order valence-corrected chi connectivity index (χ1v) is 5.28. The summed E-state index contributed by atoms with van der Waals surface area (Å²) in [5, 5.41) is 13.1. The maximum absolute atomic E-state index is 11.0. The third-order valence-electron chi connectivity index (χ3n) is 3.13. The monoisotopic (exact) mass is 217 g/mol. The number of hydrogen-bond donors (Lipinski definition) is 1. The zero-order chi connectivity index (χ0) is 11.3. The molecule has 0 fully saturated rings. The Kier molecular flexibility index (Phi) is 1.77. The number of hydrogen-bond acceptors (Lipinski definition) is 3.